The number of esters is 1. The average Bonchev–Trinajstić information content (AvgIpc) is 2.90. The number of rotatable bonds is 20. The first-order valence-corrected chi connectivity index (χ1v) is 13.6. The van der Waals surface area contributed by atoms with Crippen molar-refractivity contribution in [1.82, 2.24) is 20.1 Å². The molecule has 0 aliphatic carbocycles. The fourth-order valence-electron chi connectivity index (χ4n) is 3.81. The summed E-state index contributed by atoms with van der Waals surface area (Å²) >= 11 is 6.06. The Bertz CT molecular complexity index is 972. The van der Waals surface area contributed by atoms with Gasteiger partial charge in [-0.2, -0.15) is 0 Å². The van der Waals surface area contributed by atoms with Crippen molar-refractivity contribution < 1.29 is 23.8 Å². The Labute approximate surface area is 230 Å². The van der Waals surface area contributed by atoms with Crippen LogP contribution >= 0.6 is 11.6 Å². The molecule has 0 spiro atoms. The molecule has 212 valence electrons. The van der Waals surface area contributed by atoms with Gasteiger partial charge in [0.05, 0.1) is 25.2 Å². The van der Waals surface area contributed by atoms with Crippen molar-refractivity contribution in [3.63, 3.8) is 0 Å². The van der Waals surface area contributed by atoms with Gasteiger partial charge in [0.1, 0.15) is 13.5 Å². The Kier molecular flexibility index (Phi) is 15.6. The molecule has 0 saturated heterocycles. The zero-order valence-electron chi connectivity index (χ0n) is 22.8. The fourth-order valence-corrected chi connectivity index (χ4v) is 3.98. The molecule has 0 unspecified atom stereocenters. The number of anilines is 1. The molecule has 38 heavy (non-hydrogen) atoms. The molecule has 0 atom stereocenters. The molecule has 0 fully saturated rings. The Balaban J connectivity index is 1.79. The van der Waals surface area contributed by atoms with E-state index < -0.39 is 0 Å². The lowest BCUT2D eigenvalue weighted by atomic mass is 10.2. The second-order valence-corrected chi connectivity index (χ2v) is 9.09. The zero-order chi connectivity index (χ0) is 27.6. The third kappa shape index (κ3) is 12.4. The number of benzene rings is 1. The van der Waals surface area contributed by atoms with E-state index in [2.05, 4.69) is 20.5 Å². The third-order valence-corrected chi connectivity index (χ3v) is 5.88. The summed E-state index contributed by atoms with van der Waals surface area (Å²) in [5.41, 5.74) is 1.73. The van der Waals surface area contributed by atoms with Crippen LogP contribution in [0.25, 0.3) is 10.9 Å². The molecule has 0 saturated carbocycles. The van der Waals surface area contributed by atoms with Crippen molar-refractivity contribution in [2.45, 2.75) is 33.6 Å². The predicted octanol–water partition coefficient (Wildman–Crippen LogP) is 3.35. The summed E-state index contributed by atoms with van der Waals surface area (Å²) in [6.07, 6.45) is 3.43. The summed E-state index contributed by atoms with van der Waals surface area (Å²) in [4.78, 5) is 33.0. The van der Waals surface area contributed by atoms with Crippen molar-refractivity contribution in [2.24, 2.45) is 0 Å². The maximum Gasteiger partial charge on any atom is 0.320 e. The molecule has 1 heterocycles. The smallest absolute Gasteiger partial charge is 0.320 e. The van der Waals surface area contributed by atoms with Gasteiger partial charge in [-0.15, -0.1) is 0 Å². The molecule has 11 heteroatoms. The number of nitrogens with zero attached hydrogens (tertiary/aromatic N) is 3. The highest BCUT2D eigenvalue weighted by molar-refractivity contribution is 6.31. The van der Waals surface area contributed by atoms with Crippen molar-refractivity contribution in [3.8, 4) is 0 Å². The summed E-state index contributed by atoms with van der Waals surface area (Å²) < 4.78 is 16.1. The highest BCUT2D eigenvalue weighted by Crippen LogP contribution is 2.24. The van der Waals surface area contributed by atoms with Gasteiger partial charge in [0.2, 0.25) is 5.91 Å². The minimum atomic E-state index is -0.332. The van der Waals surface area contributed by atoms with Crippen molar-refractivity contribution >= 4 is 40.1 Å². The van der Waals surface area contributed by atoms with E-state index in [1.165, 1.54) is 0 Å². The van der Waals surface area contributed by atoms with E-state index in [-0.39, 0.29) is 25.0 Å². The van der Waals surface area contributed by atoms with Crippen LogP contribution in [0, 0.1) is 0 Å². The average molecular weight is 552 g/mol. The van der Waals surface area contributed by atoms with Crippen LogP contribution < -0.4 is 10.6 Å². The molecule has 2 N–H and O–H groups in total. The number of carbonyl (C=O) groups excluding carboxylic acids is 2. The molecule has 0 bridgehead atoms. The maximum absolute atomic E-state index is 12.6. The fraction of sp³-hybridized carbons (Fsp3) is 0.593. The minimum Gasteiger partial charge on any atom is -0.465 e. The number of aromatic nitrogens is 1. The van der Waals surface area contributed by atoms with E-state index in [1.807, 2.05) is 43.0 Å². The molecular weight excluding hydrogens is 510 g/mol. The lowest BCUT2D eigenvalue weighted by Crippen LogP contribution is -2.42. The topological polar surface area (TPSA) is 105 Å². The van der Waals surface area contributed by atoms with Gasteiger partial charge in [-0.3, -0.25) is 24.4 Å². The first-order chi connectivity index (χ1) is 18.5. The zero-order valence-corrected chi connectivity index (χ0v) is 23.6. The Morgan fingerprint density at radius 1 is 0.921 bits per heavy atom. The van der Waals surface area contributed by atoms with Crippen LogP contribution in [0.1, 0.15) is 33.6 Å². The van der Waals surface area contributed by atoms with Gasteiger partial charge in [-0.1, -0.05) is 11.6 Å². The number of hydrogen-bond donors (Lipinski definition) is 2. The number of nitrogens with one attached hydrogen (secondary N) is 2. The number of ether oxygens (including phenoxy) is 3. The van der Waals surface area contributed by atoms with Gasteiger partial charge in [0.25, 0.3) is 0 Å². The van der Waals surface area contributed by atoms with E-state index in [9.17, 15) is 9.59 Å². The van der Waals surface area contributed by atoms with Gasteiger partial charge in [0, 0.05) is 55.1 Å². The SMILES string of the molecule is CCOCN(CCCCN(CC(=O)NCCNc1ccnc2cc(Cl)ccc12)CC(=O)OCC)COCC. The predicted molar refractivity (Wildman–Crippen MR) is 150 cm³/mol. The number of carbonyl (C=O) groups is 2. The van der Waals surface area contributed by atoms with E-state index in [0.717, 1.165) is 36.0 Å². The normalized spacial score (nSPS) is 11.3. The monoisotopic (exact) mass is 551 g/mol. The number of hydrogen-bond acceptors (Lipinski definition) is 9. The second kappa shape index (κ2) is 18.7. The quantitative estimate of drug-likeness (QED) is 0.146. The molecule has 1 amide bonds. The van der Waals surface area contributed by atoms with Crippen molar-refractivity contribution in [1.29, 1.82) is 0 Å². The number of unbranched alkanes of at least 4 members (excludes halogenated alkanes) is 1. The maximum atomic E-state index is 12.6. The molecule has 0 aliphatic rings. The number of fused-ring (bicyclic) bond motifs is 1. The highest BCUT2D eigenvalue weighted by Gasteiger charge is 2.15. The summed E-state index contributed by atoms with van der Waals surface area (Å²) in [6, 6.07) is 7.46. The van der Waals surface area contributed by atoms with Crippen LogP contribution in [0.2, 0.25) is 5.02 Å². The molecule has 0 aliphatic heterocycles. The Morgan fingerprint density at radius 2 is 1.63 bits per heavy atom. The Morgan fingerprint density at radius 3 is 2.32 bits per heavy atom. The largest absolute Gasteiger partial charge is 0.465 e. The van der Waals surface area contributed by atoms with Gasteiger partial charge >= 0.3 is 5.97 Å². The highest BCUT2D eigenvalue weighted by atomic mass is 35.5. The van der Waals surface area contributed by atoms with Crippen LogP contribution in [0.15, 0.2) is 30.5 Å². The summed E-state index contributed by atoms with van der Waals surface area (Å²) in [7, 11) is 0. The third-order valence-electron chi connectivity index (χ3n) is 5.65. The first kappa shape index (κ1) is 31.7. The van der Waals surface area contributed by atoms with Gasteiger partial charge in [0.15, 0.2) is 0 Å². The number of halogens is 1. The second-order valence-electron chi connectivity index (χ2n) is 8.66. The molecule has 10 nitrogen and oxygen atoms in total. The molecular formula is C27H42ClN5O5. The number of amides is 1. The van der Waals surface area contributed by atoms with E-state index >= 15 is 0 Å². The van der Waals surface area contributed by atoms with E-state index in [0.29, 0.717) is 57.9 Å². The van der Waals surface area contributed by atoms with E-state index in [1.54, 1.807) is 13.1 Å². The summed E-state index contributed by atoms with van der Waals surface area (Å²) in [5, 5.41) is 7.86. The molecule has 0 radical (unpaired) electrons. The van der Waals surface area contributed by atoms with Gasteiger partial charge < -0.3 is 24.8 Å². The van der Waals surface area contributed by atoms with Crippen LogP contribution in [0.5, 0.6) is 0 Å². The minimum absolute atomic E-state index is 0.0761. The van der Waals surface area contributed by atoms with Crippen LogP contribution in [0.3, 0.4) is 0 Å². The first-order valence-electron chi connectivity index (χ1n) is 13.3. The molecule has 2 rings (SSSR count). The van der Waals surface area contributed by atoms with Crippen molar-refractivity contribution in [3.05, 3.63) is 35.5 Å². The van der Waals surface area contributed by atoms with Crippen LogP contribution in [0.4, 0.5) is 5.69 Å². The van der Waals surface area contributed by atoms with E-state index in [4.69, 9.17) is 25.8 Å². The van der Waals surface area contributed by atoms with Crippen LogP contribution in [-0.2, 0) is 23.8 Å². The lowest BCUT2D eigenvalue weighted by Gasteiger charge is -2.23. The lowest BCUT2D eigenvalue weighted by molar-refractivity contribution is -0.144. The molecule has 1 aromatic heterocycles. The standard InChI is InChI=1S/C27H42ClN5O5/c1-4-36-20-33(21-37-5-2)16-8-7-15-32(19-27(35)38-6-3)18-26(34)31-14-13-30-24-11-12-29-25-17-22(28)9-10-23(24)25/h9-12,17H,4-8,13-16,18-21H2,1-3H3,(H,29,30)(H,31,34). The summed E-state index contributed by atoms with van der Waals surface area (Å²) in [6.45, 7) is 10.9. The Hall–Kier alpha value is -2.50. The molecule has 2 aromatic rings. The van der Waals surface area contributed by atoms with Crippen LogP contribution in [-0.4, -0.2) is 99.2 Å². The van der Waals surface area contributed by atoms with Gasteiger partial charge in [-0.05, 0) is 64.4 Å². The van der Waals surface area contributed by atoms with Gasteiger partial charge in [-0.25, -0.2) is 0 Å². The van der Waals surface area contributed by atoms with Crippen molar-refractivity contribution in [2.75, 3.05) is 77.9 Å². The number of pyridine rings is 1. The summed E-state index contributed by atoms with van der Waals surface area (Å²) in [5.74, 6) is -0.474. The molecule has 1 aromatic carbocycles.